The molecule has 0 atom stereocenters. The van der Waals surface area contributed by atoms with Crippen molar-refractivity contribution in [2.24, 2.45) is 7.05 Å². The number of aromatic amines is 1. The fourth-order valence-corrected chi connectivity index (χ4v) is 0.696. The van der Waals surface area contributed by atoms with Crippen LogP contribution in [-0.4, -0.2) is 15.0 Å². The Bertz CT molecular complexity index is 214. The van der Waals surface area contributed by atoms with Gasteiger partial charge in [-0.3, -0.25) is 4.79 Å². The fraction of sp³-hybridized carbons (Fsp3) is 0.333. The predicted octanol–water partition coefficient (Wildman–Crippen LogP) is -0.129. The number of aryl methyl sites for hydroxylation is 1. The van der Waals surface area contributed by atoms with Crippen LogP contribution in [0.5, 0.6) is 0 Å². The van der Waals surface area contributed by atoms with Crippen LogP contribution in [0.25, 0.3) is 0 Å². The lowest BCUT2D eigenvalue weighted by Gasteiger charge is -1.77. The number of hydrogen-bond donors (Lipinski definition) is 1. The number of rotatable bonds is 0. The van der Waals surface area contributed by atoms with Crippen LogP contribution in [0.2, 0.25) is 0 Å². The van der Waals surface area contributed by atoms with Gasteiger partial charge in [-0.05, 0) is 15.9 Å². The number of hydrogen-bond acceptors (Lipinski definition) is 2. The molecule has 0 saturated heterocycles. The van der Waals surface area contributed by atoms with E-state index in [0.717, 1.165) is 0 Å². The fourth-order valence-electron chi connectivity index (χ4n) is 0.351. The van der Waals surface area contributed by atoms with Crippen molar-refractivity contribution in [1.29, 1.82) is 0 Å². The van der Waals surface area contributed by atoms with E-state index in [1.165, 1.54) is 4.68 Å². The standard InChI is InChI=1S/C3H4BrN3O/c1-7-3(8)2(4)5-6-7/h6H,1H3. The van der Waals surface area contributed by atoms with Crippen LogP contribution in [0.4, 0.5) is 0 Å². The zero-order chi connectivity index (χ0) is 6.15. The highest BCUT2D eigenvalue weighted by Crippen LogP contribution is 1.91. The van der Waals surface area contributed by atoms with Crippen molar-refractivity contribution in [3.63, 3.8) is 0 Å². The molecule has 44 valence electrons. The van der Waals surface area contributed by atoms with Crippen LogP contribution in [0.15, 0.2) is 9.40 Å². The second kappa shape index (κ2) is 1.74. The maximum absolute atomic E-state index is 10.6. The average Bonchev–Trinajstić information content (AvgIpc) is 1.98. The van der Waals surface area contributed by atoms with Gasteiger partial charge in [0, 0.05) is 7.05 Å². The van der Waals surface area contributed by atoms with E-state index in [1.54, 1.807) is 7.05 Å². The molecule has 0 bridgehead atoms. The zero-order valence-corrected chi connectivity index (χ0v) is 5.77. The Balaban J connectivity index is 3.42. The van der Waals surface area contributed by atoms with Crippen molar-refractivity contribution < 1.29 is 0 Å². The molecule has 0 fully saturated rings. The molecule has 0 amide bonds. The Hall–Kier alpha value is -0.580. The SMILES string of the molecule is Cn1[nH]nc(Br)c1=O. The Labute approximate surface area is 53.6 Å². The van der Waals surface area contributed by atoms with Crippen molar-refractivity contribution in [2.45, 2.75) is 0 Å². The summed E-state index contributed by atoms with van der Waals surface area (Å²) in [5, 5.41) is 6.00. The lowest BCUT2D eigenvalue weighted by Crippen LogP contribution is -2.11. The lowest BCUT2D eigenvalue weighted by atomic mass is 10.9. The van der Waals surface area contributed by atoms with E-state index in [4.69, 9.17) is 0 Å². The zero-order valence-electron chi connectivity index (χ0n) is 4.18. The summed E-state index contributed by atoms with van der Waals surface area (Å²) >= 11 is 2.94. The molecule has 0 saturated carbocycles. The smallest absolute Gasteiger partial charge is 0.265 e. The van der Waals surface area contributed by atoms with Crippen molar-refractivity contribution >= 4 is 15.9 Å². The van der Waals surface area contributed by atoms with Gasteiger partial charge in [0.15, 0.2) is 4.60 Å². The van der Waals surface area contributed by atoms with E-state index >= 15 is 0 Å². The van der Waals surface area contributed by atoms with E-state index in [-0.39, 0.29) is 5.56 Å². The summed E-state index contributed by atoms with van der Waals surface area (Å²) in [6, 6.07) is 0. The van der Waals surface area contributed by atoms with Gasteiger partial charge in [-0.2, -0.15) is 0 Å². The molecule has 1 aromatic heterocycles. The Kier molecular flexibility index (Phi) is 1.21. The number of nitrogens with one attached hydrogen (secondary N) is 1. The molecule has 1 aromatic rings. The largest absolute Gasteiger partial charge is 0.300 e. The highest BCUT2D eigenvalue weighted by Gasteiger charge is 1.96. The summed E-state index contributed by atoms with van der Waals surface area (Å²) in [6.07, 6.45) is 0. The third-order valence-electron chi connectivity index (χ3n) is 0.779. The molecule has 1 N–H and O–H groups in total. The monoisotopic (exact) mass is 177 g/mol. The second-order valence-corrected chi connectivity index (χ2v) is 2.12. The molecule has 0 radical (unpaired) electrons. The minimum Gasteiger partial charge on any atom is -0.265 e. The minimum atomic E-state index is -0.148. The molecule has 0 aliphatic rings. The molecular formula is C3H4BrN3O. The summed E-state index contributed by atoms with van der Waals surface area (Å²) < 4.78 is 1.60. The third-order valence-corrected chi connectivity index (χ3v) is 1.30. The topological polar surface area (TPSA) is 50.7 Å². The molecule has 0 aliphatic heterocycles. The van der Waals surface area contributed by atoms with Crippen LogP contribution in [0.1, 0.15) is 0 Å². The first-order valence-electron chi connectivity index (χ1n) is 1.98. The summed E-state index contributed by atoms with van der Waals surface area (Å²) in [6.45, 7) is 0. The molecule has 8 heavy (non-hydrogen) atoms. The van der Waals surface area contributed by atoms with E-state index in [9.17, 15) is 4.79 Å². The second-order valence-electron chi connectivity index (χ2n) is 1.37. The first kappa shape index (κ1) is 5.55. The van der Waals surface area contributed by atoms with Gasteiger partial charge in [0.2, 0.25) is 0 Å². The van der Waals surface area contributed by atoms with Crippen LogP contribution in [-0.2, 0) is 7.05 Å². The Morgan fingerprint density at radius 2 is 2.50 bits per heavy atom. The average molecular weight is 178 g/mol. The van der Waals surface area contributed by atoms with Gasteiger partial charge < -0.3 is 0 Å². The molecule has 1 rings (SSSR count). The van der Waals surface area contributed by atoms with Crippen molar-refractivity contribution in [3.05, 3.63) is 15.0 Å². The van der Waals surface area contributed by atoms with Gasteiger partial charge in [-0.25, -0.2) is 9.90 Å². The van der Waals surface area contributed by atoms with E-state index in [2.05, 4.69) is 26.2 Å². The molecule has 0 spiro atoms. The molecule has 0 unspecified atom stereocenters. The maximum Gasteiger partial charge on any atom is 0.300 e. The van der Waals surface area contributed by atoms with Gasteiger partial charge >= 0.3 is 5.56 Å². The summed E-state index contributed by atoms with van der Waals surface area (Å²) in [5.41, 5.74) is -0.148. The van der Waals surface area contributed by atoms with Gasteiger partial charge in [0.25, 0.3) is 0 Å². The Morgan fingerprint density at radius 3 is 2.62 bits per heavy atom. The third kappa shape index (κ3) is 0.686. The number of aromatic nitrogens is 3. The number of halogens is 1. The van der Waals surface area contributed by atoms with Crippen molar-refractivity contribution in [1.82, 2.24) is 15.0 Å². The first-order chi connectivity index (χ1) is 3.72. The van der Waals surface area contributed by atoms with Gasteiger partial charge in [-0.15, -0.1) is 5.10 Å². The number of H-pyrrole nitrogens is 1. The van der Waals surface area contributed by atoms with Crippen LogP contribution >= 0.6 is 15.9 Å². The van der Waals surface area contributed by atoms with E-state index in [0.29, 0.717) is 4.60 Å². The Morgan fingerprint density at radius 1 is 1.88 bits per heavy atom. The van der Waals surface area contributed by atoms with E-state index in [1.807, 2.05) is 0 Å². The highest BCUT2D eigenvalue weighted by atomic mass is 79.9. The van der Waals surface area contributed by atoms with Crippen molar-refractivity contribution in [3.8, 4) is 0 Å². The van der Waals surface area contributed by atoms with Crippen molar-refractivity contribution in [2.75, 3.05) is 0 Å². The minimum absolute atomic E-state index is 0.148. The molecule has 1 heterocycles. The van der Waals surface area contributed by atoms with Crippen LogP contribution < -0.4 is 5.56 Å². The van der Waals surface area contributed by atoms with Crippen LogP contribution in [0, 0.1) is 0 Å². The summed E-state index contributed by atoms with van der Waals surface area (Å²) in [5.74, 6) is 0. The molecule has 0 aliphatic carbocycles. The summed E-state index contributed by atoms with van der Waals surface area (Å²) in [7, 11) is 1.60. The predicted molar refractivity (Wildman–Crippen MR) is 31.5 cm³/mol. The first-order valence-corrected chi connectivity index (χ1v) is 2.78. The summed E-state index contributed by atoms with van der Waals surface area (Å²) in [4.78, 5) is 10.6. The maximum atomic E-state index is 10.6. The molecule has 5 heteroatoms. The number of nitrogens with zero attached hydrogens (tertiary/aromatic N) is 2. The molecular weight excluding hydrogens is 174 g/mol. The normalized spacial score (nSPS) is 9.75. The van der Waals surface area contributed by atoms with Crippen LogP contribution in [0.3, 0.4) is 0 Å². The van der Waals surface area contributed by atoms with Gasteiger partial charge in [0.1, 0.15) is 0 Å². The lowest BCUT2D eigenvalue weighted by molar-refractivity contribution is 0.695. The quantitative estimate of drug-likeness (QED) is 0.601. The van der Waals surface area contributed by atoms with Gasteiger partial charge in [-0.1, -0.05) is 0 Å². The van der Waals surface area contributed by atoms with E-state index < -0.39 is 0 Å². The molecule has 4 nitrogen and oxygen atoms in total. The molecule has 0 aromatic carbocycles. The van der Waals surface area contributed by atoms with Gasteiger partial charge in [0.05, 0.1) is 0 Å². The highest BCUT2D eigenvalue weighted by molar-refractivity contribution is 9.10.